The summed E-state index contributed by atoms with van der Waals surface area (Å²) in [5, 5.41) is 15.6. The molecule has 1 aliphatic rings. The SMILES string of the molecule is CCOC[C@H](O)CN(Cc1c(CC)nn(-c2ccc(OC)cc2)c1Oc1ccccc1OC)C1CC1. The van der Waals surface area contributed by atoms with Gasteiger partial charge in [-0.2, -0.15) is 5.10 Å². The van der Waals surface area contributed by atoms with Gasteiger partial charge in [-0.05, 0) is 62.6 Å². The molecule has 0 unspecified atom stereocenters. The molecule has 0 saturated heterocycles. The van der Waals surface area contributed by atoms with Crippen molar-refractivity contribution in [1.29, 1.82) is 0 Å². The summed E-state index contributed by atoms with van der Waals surface area (Å²) in [5.41, 5.74) is 2.84. The Bertz CT molecular complexity index is 1110. The molecular weight excluding hydrogens is 458 g/mol. The van der Waals surface area contributed by atoms with Gasteiger partial charge in [0.25, 0.3) is 0 Å². The molecule has 8 nitrogen and oxygen atoms in total. The van der Waals surface area contributed by atoms with Crippen molar-refractivity contribution in [2.75, 3.05) is 34.0 Å². The van der Waals surface area contributed by atoms with Crippen molar-refractivity contribution in [2.24, 2.45) is 0 Å². The minimum atomic E-state index is -0.550. The molecule has 194 valence electrons. The molecule has 4 rings (SSSR count). The zero-order chi connectivity index (χ0) is 25.5. The minimum absolute atomic E-state index is 0.329. The van der Waals surface area contributed by atoms with Gasteiger partial charge in [0, 0.05) is 25.7 Å². The van der Waals surface area contributed by atoms with Gasteiger partial charge < -0.3 is 24.1 Å². The van der Waals surface area contributed by atoms with Crippen molar-refractivity contribution >= 4 is 0 Å². The zero-order valence-electron chi connectivity index (χ0n) is 21.6. The van der Waals surface area contributed by atoms with Gasteiger partial charge in [0.15, 0.2) is 11.5 Å². The lowest BCUT2D eigenvalue weighted by Gasteiger charge is -2.25. The molecule has 1 saturated carbocycles. The number of benzene rings is 2. The van der Waals surface area contributed by atoms with Crippen LogP contribution >= 0.6 is 0 Å². The quantitative estimate of drug-likeness (QED) is 0.350. The molecule has 1 aliphatic carbocycles. The highest BCUT2D eigenvalue weighted by molar-refractivity contribution is 5.48. The van der Waals surface area contributed by atoms with Crippen molar-refractivity contribution in [3.8, 4) is 28.8 Å². The molecule has 1 aromatic heterocycles. The van der Waals surface area contributed by atoms with Crippen molar-refractivity contribution in [3.05, 3.63) is 59.8 Å². The fourth-order valence-corrected chi connectivity index (χ4v) is 4.29. The number of methoxy groups -OCH3 is 2. The smallest absolute Gasteiger partial charge is 0.227 e. The van der Waals surface area contributed by atoms with E-state index in [1.807, 2.05) is 60.1 Å². The highest BCUT2D eigenvalue weighted by Crippen LogP contribution is 2.38. The zero-order valence-corrected chi connectivity index (χ0v) is 21.6. The number of hydrogen-bond donors (Lipinski definition) is 1. The molecule has 0 radical (unpaired) electrons. The molecule has 3 aromatic rings. The van der Waals surface area contributed by atoms with Gasteiger partial charge in [0.05, 0.1) is 43.9 Å². The van der Waals surface area contributed by atoms with Crippen molar-refractivity contribution in [2.45, 2.75) is 51.8 Å². The van der Waals surface area contributed by atoms with E-state index in [9.17, 15) is 5.11 Å². The number of rotatable bonds is 14. The maximum Gasteiger partial charge on any atom is 0.227 e. The van der Waals surface area contributed by atoms with Crippen LogP contribution < -0.4 is 14.2 Å². The maximum atomic E-state index is 10.6. The van der Waals surface area contributed by atoms with E-state index in [2.05, 4.69) is 11.8 Å². The van der Waals surface area contributed by atoms with Crippen LogP contribution in [0.25, 0.3) is 5.69 Å². The molecule has 1 fully saturated rings. The second-order valence-electron chi connectivity index (χ2n) is 8.92. The molecule has 1 heterocycles. The average molecular weight is 496 g/mol. The fraction of sp³-hybridized carbons (Fsp3) is 0.464. The molecule has 8 heteroatoms. The molecule has 36 heavy (non-hydrogen) atoms. The lowest BCUT2D eigenvalue weighted by Crippen LogP contribution is -2.36. The molecule has 1 atom stereocenters. The largest absolute Gasteiger partial charge is 0.497 e. The summed E-state index contributed by atoms with van der Waals surface area (Å²) in [7, 11) is 3.29. The highest BCUT2D eigenvalue weighted by Gasteiger charge is 2.33. The molecule has 0 aliphatic heterocycles. The first-order valence-corrected chi connectivity index (χ1v) is 12.6. The van der Waals surface area contributed by atoms with E-state index in [0.29, 0.717) is 49.7 Å². The van der Waals surface area contributed by atoms with Crippen LogP contribution in [0.3, 0.4) is 0 Å². The van der Waals surface area contributed by atoms with Crippen LogP contribution in [-0.4, -0.2) is 65.9 Å². The number of aryl methyl sites for hydroxylation is 1. The normalized spacial score (nSPS) is 14.2. The number of aliphatic hydroxyl groups excluding tert-OH is 1. The number of nitrogens with zero attached hydrogens (tertiary/aromatic N) is 3. The van der Waals surface area contributed by atoms with Crippen LogP contribution in [0, 0.1) is 0 Å². The Morgan fingerprint density at radius 3 is 2.36 bits per heavy atom. The number of hydrogen-bond acceptors (Lipinski definition) is 7. The van der Waals surface area contributed by atoms with Gasteiger partial charge in [-0.3, -0.25) is 4.90 Å². The van der Waals surface area contributed by atoms with Crippen LogP contribution in [-0.2, 0) is 17.7 Å². The number of ether oxygens (including phenoxy) is 4. The summed E-state index contributed by atoms with van der Waals surface area (Å²) in [6.45, 7) is 6.12. The Labute approximate surface area is 213 Å². The molecule has 2 aromatic carbocycles. The van der Waals surface area contributed by atoms with Crippen LogP contribution in [0.2, 0.25) is 0 Å². The van der Waals surface area contributed by atoms with E-state index in [0.717, 1.165) is 42.0 Å². The second kappa shape index (κ2) is 12.3. The maximum absolute atomic E-state index is 10.6. The fourth-order valence-electron chi connectivity index (χ4n) is 4.29. The Morgan fingerprint density at radius 1 is 1.03 bits per heavy atom. The number of para-hydroxylation sites is 2. The first kappa shape index (κ1) is 26.0. The van der Waals surface area contributed by atoms with Crippen molar-refractivity contribution < 1.29 is 24.1 Å². The summed E-state index contributed by atoms with van der Waals surface area (Å²) in [4.78, 5) is 2.33. The van der Waals surface area contributed by atoms with E-state index in [1.165, 1.54) is 0 Å². The van der Waals surface area contributed by atoms with Crippen LogP contribution in [0.15, 0.2) is 48.5 Å². The van der Waals surface area contributed by atoms with E-state index >= 15 is 0 Å². The number of aromatic nitrogens is 2. The van der Waals surface area contributed by atoms with Gasteiger partial charge in [-0.1, -0.05) is 19.1 Å². The summed E-state index contributed by atoms with van der Waals surface area (Å²) < 4.78 is 24.8. The van der Waals surface area contributed by atoms with Gasteiger partial charge >= 0.3 is 0 Å². The first-order valence-electron chi connectivity index (χ1n) is 12.6. The topological polar surface area (TPSA) is 78.2 Å². The number of aliphatic hydroxyl groups is 1. The predicted octanol–water partition coefficient (Wildman–Crippen LogP) is 4.61. The van der Waals surface area contributed by atoms with E-state index in [4.69, 9.17) is 24.0 Å². The molecule has 0 amide bonds. The molecule has 0 spiro atoms. The Kier molecular flexibility index (Phi) is 8.85. The minimum Gasteiger partial charge on any atom is -0.497 e. The van der Waals surface area contributed by atoms with E-state index in [-0.39, 0.29) is 0 Å². The Morgan fingerprint density at radius 2 is 1.75 bits per heavy atom. The van der Waals surface area contributed by atoms with E-state index < -0.39 is 6.10 Å². The molecule has 1 N–H and O–H groups in total. The molecule has 0 bridgehead atoms. The van der Waals surface area contributed by atoms with Gasteiger partial charge in [-0.15, -0.1) is 0 Å². The highest BCUT2D eigenvalue weighted by atomic mass is 16.5. The Hall–Kier alpha value is -3.07. The van der Waals surface area contributed by atoms with Crippen LogP contribution in [0.5, 0.6) is 23.1 Å². The lowest BCUT2D eigenvalue weighted by atomic mass is 10.1. The summed E-state index contributed by atoms with van der Waals surface area (Å²) >= 11 is 0. The van der Waals surface area contributed by atoms with Crippen molar-refractivity contribution in [3.63, 3.8) is 0 Å². The average Bonchev–Trinajstić information content (AvgIpc) is 3.71. The van der Waals surface area contributed by atoms with Crippen LogP contribution in [0.4, 0.5) is 0 Å². The van der Waals surface area contributed by atoms with Gasteiger partial charge in [0.1, 0.15) is 5.75 Å². The lowest BCUT2D eigenvalue weighted by molar-refractivity contribution is 0.0177. The van der Waals surface area contributed by atoms with E-state index in [1.54, 1.807) is 14.2 Å². The standard InChI is InChI=1S/C28H37N3O5/c1-5-25-24(18-30(20-11-12-20)17-22(32)19-35-6-2)28(36-27-10-8-7-9-26(27)34-4)31(29-25)21-13-15-23(33-3)16-14-21/h7-10,13-16,20,22,32H,5-6,11-12,17-19H2,1-4H3/t22-/m1/s1. The van der Waals surface area contributed by atoms with Gasteiger partial charge in [0.2, 0.25) is 5.88 Å². The van der Waals surface area contributed by atoms with Gasteiger partial charge in [-0.25, -0.2) is 4.68 Å². The third kappa shape index (κ3) is 6.19. The molecular formula is C28H37N3O5. The third-order valence-electron chi connectivity index (χ3n) is 6.33. The predicted molar refractivity (Wildman–Crippen MR) is 138 cm³/mol. The Balaban J connectivity index is 1.74. The summed E-state index contributed by atoms with van der Waals surface area (Å²) in [6.07, 6.45) is 2.45. The second-order valence-corrected chi connectivity index (χ2v) is 8.92. The summed E-state index contributed by atoms with van der Waals surface area (Å²) in [5.74, 6) is 2.69. The van der Waals surface area contributed by atoms with Crippen molar-refractivity contribution in [1.82, 2.24) is 14.7 Å². The monoisotopic (exact) mass is 495 g/mol. The first-order chi connectivity index (χ1) is 17.6. The van der Waals surface area contributed by atoms with Crippen LogP contribution in [0.1, 0.15) is 37.9 Å². The summed E-state index contributed by atoms with van der Waals surface area (Å²) in [6, 6.07) is 15.8. The third-order valence-corrected chi connectivity index (χ3v) is 6.33.